The monoisotopic (exact) mass is 530 g/mol. The number of aryl methyl sites for hydroxylation is 1. The van der Waals surface area contributed by atoms with Gasteiger partial charge in [0.05, 0.1) is 26.4 Å². The van der Waals surface area contributed by atoms with Gasteiger partial charge in [0.1, 0.15) is 5.75 Å². The average molecular weight is 530 g/mol. The number of rotatable bonds is 7. The number of benzene rings is 1. The Bertz CT molecular complexity index is 760. The Kier molecular flexibility index (Phi) is 10.2. The second kappa shape index (κ2) is 12.4. The van der Waals surface area contributed by atoms with E-state index >= 15 is 0 Å². The van der Waals surface area contributed by atoms with Crippen LogP contribution in [0.2, 0.25) is 0 Å². The molecular weight excluding hydrogens is 499 g/mol. The Morgan fingerprint density at radius 1 is 1.17 bits per heavy atom. The summed E-state index contributed by atoms with van der Waals surface area (Å²) in [4.78, 5) is 9.61. The molecule has 3 rings (SSSR count). The first-order valence-electron chi connectivity index (χ1n) is 9.65. The lowest BCUT2D eigenvalue weighted by Crippen LogP contribution is -2.46. The zero-order chi connectivity index (χ0) is 19.8. The van der Waals surface area contributed by atoms with Gasteiger partial charge in [0, 0.05) is 43.0 Å². The lowest BCUT2D eigenvalue weighted by molar-refractivity contribution is 0.0177. The Morgan fingerprint density at radius 2 is 1.90 bits per heavy atom. The summed E-state index contributed by atoms with van der Waals surface area (Å²) in [5.41, 5.74) is 1.18. The van der Waals surface area contributed by atoms with Crippen molar-refractivity contribution in [3.63, 3.8) is 0 Å². The molecule has 1 aromatic carbocycles. The number of hydrogen-bond donors (Lipinski definition) is 2. The minimum atomic E-state index is 0. The van der Waals surface area contributed by atoms with E-state index in [1.165, 1.54) is 15.3 Å². The van der Waals surface area contributed by atoms with Gasteiger partial charge in [-0.3, -0.25) is 9.89 Å². The van der Waals surface area contributed by atoms with Crippen LogP contribution in [0, 0.1) is 6.92 Å². The maximum Gasteiger partial charge on any atom is 0.191 e. The van der Waals surface area contributed by atoms with Crippen molar-refractivity contribution >= 4 is 41.3 Å². The van der Waals surface area contributed by atoms with E-state index in [1.54, 1.807) is 7.11 Å². The van der Waals surface area contributed by atoms with Gasteiger partial charge in [-0.05, 0) is 36.8 Å². The molecule has 1 atom stereocenters. The maximum atomic E-state index is 5.54. The summed E-state index contributed by atoms with van der Waals surface area (Å²) >= 11 is 1.87. The van der Waals surface area contributed by atoms with Crippen molar-refractivity contribution in [2.75, 3.05) is 47.0 Å². The van der Waals surface area contributed by atoms with Gasteiger partial charge in [-0.1, -0.05) is 12.1 Å². The fourth-order valence-electron chi connectivity index (χ4n) is 3.27. The predicted molar refractivity (Wildman–Crippen MR) is 131 cm³/mol. The van der Waals surface area contributed by atoms with Crippen molar-refractivity contribution in [1.82, 2.24) is 15.5 Å². The molecule has 1 aliphatic rings. The van der Waals surface area contributed by atoms with E-state index in [1.807, 2.05) is 30.5 Å². The van der Waals surface area contributed by atoms with Gasteiger partial charge in [-0.15, -0.1) is 35.3 Å². The molecule has 160 valence electrons. The summed E-state index contributed by atoms with van der Waals surface area (Å²) in [6.45, 7) is 7.19. The number of ether oxygens (including phenoxy) is 2. The number of aliphatic imine (C=N–C) groups is 1. The number of hydrogen-bond acceptors (Lipinski definition) is 5. The summed E-state index contributed by atoms with van der Waals surface area (Å²) in [5, 5.41) is 6.90. The van der Waals surface area contributed by atoms with Crippen molar-refractivity contribution in [3.8, 4) is 5.75 Å². The molecule has 0 radical (unpaired) electrons. The van der Waals surface area contributed by atoms with E-state index in [0.29, 0.717) is 12.6 Å². The summed E-state index contributed by atoms with van der Waals surface area (Å²) in [6, 6.07) is 12.8. The van der Waals surface area contributed by atoms with Crippen LogP contribution in [0.4, 0.5) is 0 Å². The molecule has 0 amide bonds. The standard InChI is InChI=1S/C21H30N4O2S.HI/c1-16-4-9-20(28-16)19(25-10-12-27-13-11-25)15-24-21(22-2)23-14-17-5-7-18(26-3)8-6-17;/h4-9,19H,10-15H2,1-3H3,(H2,22,23,24);1H. The number of nitrogens with one attached hydrogen (secondary N) is 2. The summed E-state index contributed by atoms with van der Waals surface area (Å²) < 4.78 is 10.8. The molecule has 1 aliphatic heterocycles. The highest BCUT2D eigenvalue weighted by atomic mass is 127. The molecule has 1 unspecified atom stereocenters. The third-order valence-corrected chi connectivity index (χ3v) is 5.98. The van der Waals surface area contributed by atoms with Gasteiger partial charge >= 0.3 is 0 Å². The fourth-order valence-corrected chi connectivity index (χ4v) is 4.29. The summed E-state index contributed by atoms with van der Waals surface area (Å²) in [5.74, 6) is 1.67. The number of thiophene rings is 1. The van der Waals surface area contributed by atoms with Crippen LogP contribution >= 0.6 is 35.3 Å². The molecule has 0 bridgehead atoms. The van der Waals surface area contributed by atoms with Crippen LogP contribution in [-0.4, -0.2) is 57.9 Å². The van der Waals surface area contributed by atoms with Gasteiger partial charge in [-0.2, -0.15) is 0 Å². The first kappa shape index (κ1) is 23.9. The fraction of sp³-hybridized carbons (Fsp3) is 0.476. The van der Waals surface area contributed by atoms with E-state index in [4.69, 9.17) is 9.47 Å². The average Bonchev–Trinajstić information content (AvgIpc) is 3.17. The van der Waals surface area contributed by atoms with Crippen LogP contribution in [0.5, 0.6) is 5.75 Å². The molecular formula is C21H31IN4O2S. The van der Waals surface area contributed by atoms with E-state index in [2.05, 4.69) is 51.7 Å². The molecule has 0 aliphatic carbocycles. The Labute approximate surface area is 194 Å². The molecule has 2 aromatic rings. The molecule has 0 spiro atoms. The van der Waals surface area contributed by atoms with Crippen molar-refractivity contribution in [2.45, 2.75) is 19.5 Å². The lowest BCUT2D eigenvalue weighted by atomic mass is 10.2. The first-order valence-corrected chi connectivity index (χ1v) is 10.5. The normalized spacial score (nSPS) is 16.0. The molecule has 1 saturated heterocycles. The third-order valence-electron chi connectivity index (χ3n) is 4.88. The van der Waals surface area contributed by atoms with Crippen LogP contribution in [0.1, 0.15) is 21.4 Å². The van der Waals surface area contributed by atoms with Crippen LogP contribution < -0.4 is 15.4 Å². The minimum absolute atomic E-state index is 0. The largest absolute Gasteiger partial charge is 0.497 e. The van der Waals surface area contributed by atoms with Gasteiger partial charge in [-0.25, -0.2) is 0 Å². The van der Waals surface area contributed by atoms with Crippen LogP contribution in [0.15, 0.2) is 41.4 Å². The maximum absolute atomic E-state index is 5.54. The Balaban J connectivity index is 0.00000300. The predicted octanol–water partition coefficient (Wildman–Crippen LogP) is 3.42. The zero-order valence-electron chi connectivity index (χ0n) is 17.3. The van der Waals surface area contributed by atoms with Gasteiger partial charge in [0.2, 0.25) is 0 Å². The Hall–Kier alpha value is -1.36. The lowest BCUT2D eigenvalue weighted by Gasteiger charge is -2.34. The number of nitrogens with zero attached hydrogens (tertiary/aromatic N) is 2. The molecule has 8 heteroatoms. The zero-order valence-corrected chi connectivity index (χ0v) is 20.5. The van der Waals surface area contributed by atoms with E-state index < -0.39 is 0 Å². The molecule has 2 heterocycles. The van der Waals surface area contributed by atoms with E-state index in [9.17, 15) is 0 Å². The van der Waals surface area contributed by atoms with E-state index in [0.717, 1.165) is 44.6 Å². The van der Waals surface area contributed by atoms with Gasteiger partial charge < -0.3 is 20.1 Å². The number of halogens is 1. The van der Waals surface area contributed by atoms with Crippen molar-refractivity contribution in [1.29, 1.82) is 0 Å². The quantitative estimate of drug-likeness (QED) is 0.327. The van der Waals surface area contributed by atoms with Crippen molar-refractivity contribution < 1.29 is 9.47 Å². The second-order valence-electron chi connectivity index (χ2n) is 6.77. The second-order valence-corrected chi connectivity index (χ2v) is 8.09. The highest BCUT2D eigenvalue weighted by Gasteiger charge is 2.24. The highest BCUT2D eigenvalue weighted by molar-refractivity contribution is 14.0. The number of guanidine groups is 1. The van der Waals surface area contributed by atoms with Gasteiger partial charge in [0.25, 0.3) is 0 Å². The molecule has 29 heavy (non-hydrogen) atoms. The number of morpholine rings is 1. The summed E-state index contributed by atoms with van der Waals surface area (Å²) in [6.07, 6.45) is 0. The molecule has 0 saturated carbocycles. The van der Waals surface area contributed by atoms with Crippen LogP contribution in [0.3, 0.4) is 0 Å². The molecule has 1 aromatic heterocycles. The van der Waals surface area contributed by atoms with Crippen LogP contribution in [-0.2, 0) is 11.3 Å². The highest BCUT2D eigenvalue weighted by Crippen LogP contribution is 2.27. The Morgan fingerprint density at radius 3 is 2.48 bits per heavy atom. The van der Waals surface area contributed by atoms with Crippen molar-refractivity contribution in [2.24, 2.45) is 4.99 Å². The van der Waals surface area contributed by atoms with Crippen LogP contribution in [0.25, 0.3) is 0 Å². The SMILES string of the molecule is CN=C(NCc1ccc(OC)cc1)NCC(c1ccc(C)s1)N1CCOCC1.I. The van der Waals surface area contributed by atoms with E-state index in [-0.39, 0.29) is 24.0 Å². The van der Waals surface area contributed by atoms with Crippen molar-refractivity contribution in [3.05, 3.63) is 51.7 Å². The third kappa shape index (κ3) is 7.13. The first-order chi connectivity index (χ1) is 13.7. The molecule has 1 fully saturated rings. The minimum Gasteiger partial charge on any atom is -0.497 e. The smallest absolute Gasteiger partial charge is 0.191 e. The molecule has 2 N–H and O–H groups in total. The van der Waals surface area contributed by atoms with Gasteiger partial charge in [0.15, 0.2) is 5.96 Å². The number of methoxy groups -OCH3 is 1. The molecule has 6 nitrogen and oxygen atoms in total. The topological polar surface area (TPSA) is 58.1 Å². The summed E-state index contributed by atoms with van der Waals surface area (Å²) in [7, 11) is 3.49.